The number of carbonyl (C=O) groups is 5. The molecular formula is C46H56N6O8. The summed E-state index contributed by atoms with van der Waals surface area (Å²) in [4.78, 5) is 77.5. The van der Waals surface area contributed by atoms with E-state index in [0.717, 1.165) is 84.8 Å². The van der Waals surface area contributed by atoms with E-state index >= 15 is 0 Å². The second-order valence-corrected chi connectivity index (χ2v) is 16.3. The van der Waals surface area contributed by atoms with Gasteiger partial charge in [-0.2, -0.15) is 0 Å². The number of nitrogens with one attached hydrogen (secondary N) is 2. The predicted octanol–water partition coefficient (Wildman–Crippen LogP) is 4.24. The second-order valence-electron chi connectivity index (χ2n) is 16.3. The van der Waals surface area contributed by atoms with Crippen LogP contribution in [0.5, 0.6) is 0 Å². The van der Waals surface area contributed by atoms with E-state index in [9.17, 15) is 28.8 Å². The van der Waals surface area contributed by atoms with Gasteiger partial charge >= 0.3 is 5.69 Å². The third-order valence-corrected chi connectivity index (χ3v) is 12.0. The molecule has 4 aromatic rings. The Morgan fingerprint density at radius 1 is 0.867 bits per heavy atom. The number of imide groups is 1. The third kappa shape index (κ3) is 9.88. The summed E-state index contributed by atoms with van der Waals surface area (Å²) in [6.45, 7) is 1.89. The summed E-state index contributed by atoms with van der Waals surface area (Å²) in [5.74, 6) is -1.47. The molecule has 0 bridgehead atoms. The van der Waals surface area contributed by atoms with Gasteiger partial charge in [-0.15, -0.1) is 0 Å². The highest BCUT2D eigenvalue weighted by molar-refractivity contribution is 6.04. The van der Waals surface area contributed by atoms with Gasteiger partial charge in [0, 0.05) is 45.9 Å². The molecule has 0 spiro atoms. The SMILES string of the molecule is Cn1c(=O)n(C2CCC(=O)NC2=O)c2cccc(CCCCCOCCCc3ccc(COC[C@H](CCC(N)=O)NC(=O)[C@@H]4Cc5cccc6c5N4C(=O)CCC6)cc3)c21. The summed E-state index contributed by atoms with van der Waals surface area (Å²) in [6, 6.07) is 18.3. The minimum absolute atomic E-state index is 0.0337. The van der Waals surface area contributed by atoms with Gasteiger partial charge in [-0.3, -0.25) is 43.3 Å². The molecule has 60 heavy (non-hydrogen) atoms. The fourth-order valence-electron chi connectivity index (χ4n) is 8.89. The number of anilines is 1. The number of fused-ring (bicyclic) bond motifs is 1. The zero-order valence-electron chi connectivity index (χ0n) is 34.4. The molecule has 3 aliphatic rings. The summed E-state index contributed by atoms with van der Waals surface area (Å²) in [5, 5.41) is 5.43. The van der Waals surface area contributed by atoms with Crippen LogP contribution in [0.2, 0.25) is 0 Å². The number of unbranched alkanes of at least 4 members (excludes halogenated alkanes) is 2. The number of benzene rings is 3. The number of imidazole rings is 1. The molecule has 1 unspecified atom stereocenters. The van der Waals surface area contributed by atoms with Crippen molar-refractivity contribution in [2.75, 3.05) is 24.7 Å². The maximum Gasteiger partial charge on any atom is 0.329 e. The maximum atomic E-state index is 13.6. The van der Waals surface area contributed by atoms with Gasteiger partial charge in [0.25, 0.3) is 0 Å². The number of para-hydroxylation sites is 2. The smallest absolute Gasteiger partial charge is 0.329 e. The molecule has 14 nitrogen and oxygen atoms in total. The summed E-state index contributed by atoms with van der Waals surface area (Å²) < 4.78 is 15.1. The van der Waals surface area contributed by atoms with E-state index in [0.29, 0.717) is 51.0 Å². The van der Waals surface area contributed by atoms with Crippen LogP contribution in [0.4, 0.5) is 5.69 Å². The lowest BCUT2D eigenvalue weighted by molar-refractivity contribution is -0.135. The number of aryl methyl sites for hydroxylation is 4. The monoisotopic (exact) mass is 820 g/mol. The number of amides is 5. The Labute approximate surface area is 349 Å². The fourth-order valence-corrected chi connectivity index (χ4v) is 8.89. The summed E-state index contributed by atoms with van der Waals surface area (Å²) >= 11 is 0. The number of piperidine rings is 1. The lowest BCUT2D eigenvalue weighted by Gasteiger charge is -2.27. The van der Waals surface area contributed by atoms with Gasteiger partial charge in [0.1, 0.15) is 12.1 Å². The number of nitrogens with zero attached hydrogens (tertiary/aromatic N) is 3. The Bertz CT molecular complexity index is 2280. The second kappa shape index (κ2) is 19.6. The van der Waals surface area contributed by atoms with Crippen LogP contribution in [0, 0.1) is 0 Å². The van der Waals surface area contributed by atoms with E-state index in [1.807, 2.05) is 48.5 Å². The molecule has 1 fully saturated rings. The number of ether oxygens (including phenoxy) is 2. The van der Waals surface area contributed by atoms with E-state index in [1.54, 1.807) is 16.5 Å². The molecule has 3 aromatic carbocycles. The molecular weight excluding hydrogens is 765 g/mol. The van der Waals surface area contributed by atoms with Gasteiger partial charge in [0.2, 0.25) is 29.5 Å². The van der Waals surface area contributed by atoms with Gasteiger partial charge in [0.05, 0.1) is 36.0 Å². The first-order chi connectivity index (χ1) is 29.1. The molecule has 7 rings (SSSR count). The fraction of sp³-hybridized carbons (Fsp3) is 0.478. The lowest BCUT2D eigenvalue weighted by Crippen LogP contribution is -2.51. The molecule has 0 radical (unpaired) electrons. The van der Waals surface area contributed by atoms with Gasteiger partial charge in [-0.1, -0.05) is 61.0 Å². The van der Waals surface area contributed by atoms with Crippen molar-refractivity contribution in [2.45, 2.75) is 115 Å². The zero-order chi connectivity index (χ0) is 42.2. The quantitative estimate of drug-likeness (QED) is 0.0874. The van der Waals surface area contributed by atoms with Crippen LogP contribution in [0.1, 0.15) is 98.1 Å². The highest BCUT2D eigenvalue weighted by Crippen LogP contribution is 2.39. The zero-order valence-corrected chi connectivity index (χ0v) is 34.4. The maximum absolute atomic E-state index is 13.6. The van der Waals surface area contributed by atoms with E-state index < -0.39 is 29.9 Å². The van der Waals surface area contributed by atoms with Crippen LogP contribution < -0.4 is 27.0 Å². The molecule has 1 aromatic heterocycles. The number of carbonyl (C=O) groups excluding carboxylic acids is 5. The van der Waals surface area contributed by atoms with Gasteiger partial charge in [-0.25, -0.2) is 4.79 Å². The number of hydrogen-bond donors (Lipinski definition) is 3. The van der Waals surface area contributed by atoms with Crippen LogP contribution in [0.15, 0.2) is 65.5 Å². The Morgan fingerprint density at radius 2 is 1.63 bits per heavy atom. The largest absolute Gasteiger partial charge is 0.381 e. The number of aromatic nitrogens is 2. The van der Waals surface area contributed by atoms with E-state index in [2.05, 4.69) is 22.8 Å². The standard InChI is InChI=1S/C46H56N6O8/c1-50-43-33(12-6-15-36(43)51(46(50)58)37-22-24-40(54)49-44(37)56)10-3-2-4-25-59-26-8-9-30-17-19-31(20-18-30)28-60-29-35(21-23-39(47)53)48-45(57)38-27-34-14-5-11-32-13-7-16-41(55)52(38)42(32)34/h5-6,11-12,14-15,17-20,35,37-38H,2-4,7-10,13,16,21-29H2,1H3,(H2,47,53)(H,48,57)(H,49,54,56)/t35-,37?,38-/m0/s1. The highest BCUT2D eigenvalue weighted by atomic mass is 16.5. The Kier molecular flexibility index (Phi) is 13.9. The molecule has 3 aliphatic heterocycles. The van der Waals surface area contributed by atoms with Gasteiger partial charge in [-0.05, 0) is 91.7 Å². The minimum atomic E-state index is -0.694. The van der Waals surface area contributed by atoms with Crippen LogP contribution in [-0.2, 0) is 72.8 Å². The molecule has 1 saturated heterocycles. The molecule has 0 saturated carbocycles. The summed E-state index contributed by atoms with van der Waals surface area (Å²) in [6.07, 6.45) is 8.85. The van der Waals surface area contributed by atoms with Gasteiger partial charge < -0.3 is 20.5 Å². The molecule has 0 aliphatic carbocycles. The van der Waals surface area contributed by atoms with Crippen LogP contribution >= 0.6 is 0 Å². The lowest BCUT2D eigenvalue weighted by atomic mass is 10.0. The predicted molar refractivity (Wildman–Crippen MR) is 226 cm³/mol. The normalized spacial score (nSPS) is 18.0. The van der Waals surface area contributed by atoms with Gasteiger partial charge in [0.15, 0.2) is 0 Å². The highest BCUT2D eigenvalue weighted by Gasteiger charge is 2.41. The number of rotatable bonds is 20. The molecule has 4 N–H and O–H groups in total. The van der Waals surface area contributed by atoms with Crippen molar-refractivity contribution in [2.24, 2.45) is 12.8 Å². The van der Waals surface area contributed by atoms with Crippen molar-refractivity contribution < 1.29 is 33.4 Å². The first-order valence-electron chi connectivity index (χ1n) is 21.4. The van der Waals surface area contributed by atoms with Crippen LogP contribution in [-0.4, -0.2) is 70.6 Å². The summed E-state index contributed by atoms with van der Waals surface area (Å²) in [7, 11) is 1.73. The van der Waals surface area contributed by atoms with Crippen molar-refractivity contribution in [1.82, 2.24) is 19.8 Å². The van der Waals surface area contributed by atoms with Crippen molar-refractivity contribution in [3.05, 3.63) is 99.0 Å². The average Bonchev–Trinajstić information content (AvgIpc) is 3.69. The number of primary amides is 1. The van der Waals surface area contributed by atoms with E-state index in [1.165, 1.54) is 10.1 Å². The third-order valence-electron chi connectivity index (χ3n) is 12.0. The van der Waals surface area contributed by atoms with Crippen LogP contribution in [0.3, 0.4) is 0 Å². The number of hydrogen-bond acceptors (Lipinski definition) is 8. The molecule has 4 heterocycles. The first kappa shape index (κ1) is 42.5. The summed E-state index contributed by atoms with van der Waals surface area (Å²) in [5.41, 5.74) is 13.0. The van der Waals surface area contributed by atoms with Crippen molar-refractivity contribution in [3.63, 3.8) is 0 Å². The average molecular weight is 821 g/mol. The minimum Gasteiger partial charge on any atom is -0.381 e. The topological polar surface area (TPSA) is 184 Å². The van der Waals surface area contributed by atoms with Crippen molar-refractivity contribution in [3.8, 4) is 0 Å². The van der Waals surface area contributed by atoms with Crippen LogP contribution in [0.25, 0.3) is 11.0 Å². The molecule has 14 heteroatoms. The molecule has 318 valence electrons. The molecule has 3 atom stereocenters. The Morgan fingerprint density at radius 3 is 2.43 bits per heavy atom. The number of nitrogens with two attached hydrogens (primary N) is 1. The Balaban J connectivity index is 0.798. The van der Waals surface area contributed by atoms with Crippen molar-refractivity contribution >= 4 is 46.3 Å². The first-order valence-corrected chi connectivity index (χ1v) is 21.4. The van der Waals surface area contributed by atoms with Crippen molar-refractivity contribution in [1.29, 1.82) is 0 Å². The van der Waals surface area contributed by atoms with E-state index in [4.69, 9.17) is 15.2 Å². The Hall–Kier alpha value is -5.60. The van der Waals surface area contributed by atoms with E-state index in [-0.39, 0.29) is 42.9 Å². The molecule has 5 amide bonds.